The summed E-state index contributed by atoms with van der Waals surface area (Å²) in [4.78, 5) is 12.1. The lowest BCUT2D eigenvalue weighted by atomic mass is 10.1. The van der Waals surface area contributed by atoms with Crippen molar-refractivity contribution in [2.45, 2.75) is 64.9 Å². The second-order valence-corrected chi connectivity index (χ2v) is 5.91. The van der Waals surface area contributed by atoms with Crippen LogP contribution in [0.3, 0.4) is 0 Å². The summed E-state index contributed by atoms with van der Waals surface area (Å²) in [7, 11) is 1.65. The summed E-state index contributed by atoms with van der Waals surface area (Å²) in [5.41, 5.74) is 1.74. The summed E-state index contributed by atoms with van der Waals surface area (Å²) in [5.74, 6) is -0.256. The van der Waals surface area contributed by atoms with E-state index in [-0.39, 0.29) is 12.1 Å². The fourth-order valence-corrected chi connectivity index (χ4v) is 2.42. The van der Waals surface area contributed by atoms with E-state index in [1.54, 1.807) is 7.11 Å². The van der Waals surface area contributed by atoms with Gasteiger partial charge in [0.15, 0.2) is 0 Å². The molecule has 0 N–H and O–H groups in total. The SMILES string of the molecule is CCCCCCCCC(COC)OC(=O)c1ccc(C)cc1. The van der Waals surface area contributed by atoms with Crippen LogP contribution in [0.2, 0.25) is 0 Å². The Morgan fingerprint density at radius 2 is 1.68 bits per heavy atom. The molecule has 124 valence electrons. The van der Waals surface area contributed by atoms with Crippen molar-refractivity contribution in [2.24, 2.45) is 0 Å². The van der Waals surface area contributed by atoms with Crippen molar-refractivity contribution in [3.05, 3.63) is 35.4 Å². The van der Waals surface area contributed by atoms with Crippen molar-refractivity contribution >= 4 is 5.97 Å². The Kier molecular flexibility index (Phi) is 9.56. The molecule has 0 heterocycles. The summed E-state index contributed by atoms with van der Waals surface area (Å²) in [6, 6.07) is 7.48. The largest absolute Gasteiger partial charge is 0.456 e. The minimum atomic E-state index is -0.256. The van der Waals surface area contributed by atoms with Gasteiger partial charge in [-0.15, -0.1) is 0 Å². The number of hydrogen-bond acceptors (Lipinski definition) is 3. The summed E-state index contributed by atoms with van der Waals surface area (Å²) in [5, 5.41) is 0. The van der Waals surface area contributed by atoms with Gasteiger partial charge in [-0.05, 0) is 31.9 Å². The van der Waals surface area contributed by atoms with E-state index >= 15 is 0 Å². The van der Waals surface area contributed by atoms with Crippen LogP contribution in [0.15, 0.2) is 24.3 Å². The van der Waals surface area contributed by atoms with Gasteiger partial charge in [-0.2, -0.15) is 0 Å². The van der Waals surface area contributed by atoms with E-state index in [2.05, 4.69) is 6.92 Å². The molecule has 0 fully saturated rings. The zero-order valence-corrected chi connectivity index (χ0v) is 14.3. The fourth-order valence-electron chi connectivity index (χ4n) is 2.42. The summed E-state index contributed by atoms with van der Waals surface area (Å²) in [6.45, 7) is 4.69. The van der Waals surface area contributed by atoms with Crippen molar-refractivity contribution < 1.29 is 14.3 Å². The Morgan fingerprint density at radius 1 is 1.05 bits per heavy atom. The molecule has 0 spiro atoms. The third-order valence-corrected chi connectivity index (χ3v) is 3.79. The highest BCUT2D eigenvalue weighted by Crippen LogP contribution is 2.13. The molecule has 0 saturated carbocycles. The molecule has 1 rings (SSSR count). The molecule has 0 aliphatic heterocycles. The molecule has 0 aromatic heterocycles. The van der Waals surface area contributed by atoms with Gasteiger partial charge in [-0.1, -0.05) is 56.7 Å². The molecule has 0 aliphatic rings. The van der Waals surface area contributed by atoms with E-state index in [1.807, 2.05) is 31.2 Å². The molecule has 0 bridgehead atoms. The monoisotopic (exact) mass is 306 g/mol. The molecule has 0 saturated heterocycles. The molecule has 0 amide bonds. The second kappa shape index (κ2) is 11.2. The Bertz CT molecular complexity index is 411. The van der Waals surface area contributed by atoms with E-state index in [0.717, 1.165) is 18.4 Å². The van der Waals surface area contributed by atoms with Gasteiger partial charge in [0.2, 0.25) is 0 Å². The fraction of sp³-hybridized carbons (Fsp3) is 0.632. The minimum absolute atomic E-state index is 0.148. The van der Waals surface area contributed by atoms with E-state index < -0.39 is 0 Å². The molecular formula is C19H30O3. The maximum Gasteiger partial charge on any atom is 0.338 e. The molecule has 3 heteroatoms. The number of rotatable bonds is 11. The van der Waals surface area contributed by atoms with Crippen molar-refractivity contribution in [2.75, 3.05) is 13.7 Å². The first-order chi connectivity index (χ1) is 10.7. The number of hydrogen-bond donors (Lipinski definition) is 0. The van der Waals surface area contributed by atoms with Gasteiger partial charge in [0.25, 0.3) is 0 Å². The van der Waals surface area contributed by atoms with Gasteiger partial charge in [0.1, 0.15) is 6.10 Å². The lowest BCUT2D eigenvalue weighted by Gasteiger charge is -2.17. The number of ether oxygens (including phenoxy) is 2. The number of methoxy groups -OCH3 is 1. The third-order valence-electron chi connectivity index (χ3n) is 3.79. The molecule has 0 radical (unpaired) electrons. The van der Waals surface area contributed by atoms with Crippen molar-refractivity contribution in [1.82, 2.24) is 0 Å². The Morgan fingerprint density at radius 3 is 2.32 bits per heavy atom. The van der Waals surface area contributed by atoms with Crippen molar-refractivity contribution in [3.8, 4) is 0 Å². The van der Waals surface area contributed by atoms with Crippen LogP contribution in [0.4, 0.5) is 0 Å². The number of carbonyl (C=O) groups excluding carboxylic acids is 1. The van der Waals surface area contributed by atoms with Gasteiger partial charge >= 0.3 is 5.97 Å². The van der Waals surface area contributed by atoms with Crippen LogP contribution in [-0.4, -0.2) is 25.8 Å². The Balaban J connectivity index is 2.36. The van der Waals surface area contributed by atoms with Crippen LogP contribution < -0.4 is 0 Å². The maximum absolute atomic E-state index is 12.1. The molecule has 3 nitrogen and oxygen atoms in total. The number of carbonyl (C=O) groups is 1. The quantitative estimate of drug-likeness (QED) is 0.430. The van der Waals surface area contributed by atoms with E-state index in [0.29, 0.717) is 12.2 Å². The number of unbranched alkanes of at least 4 members (excludes halogenated alkanes) is 5. The number of aryl methyl sites for hydroxylation is 1. The highest BCUT2D eigenvalue weighted by Gasteiger charge is 2.15. The maximum atomic E-state index is 12.1. The van der Waals surface area contributed by atoms with Gasteiger partial charge in [-0.25, -0.2) is 4.79 Å². The van der Waals surface area contributed by atoms with E-state index in [1.165, 1.54) is 32.1 Å². The zero-order valence-electron chi connectivity index (χ0n) is 14.3. The van der Waals surface area contributed by atoms with Crippen LogP contribution in [0, 0.1) is 6.92 Å². The molecule has 1 atom stereocenters. The van der Waals surface area contributed by atoms with Crippen LogP contribution >= 0.6 is 0 Å². The highest BCUT2D eigenvalue weighted by molar-refractivity contribution is 5.89. The van der Waals surface area contributed by atoms with Crippen molar-refractivity contribution in [3.63, 3.8) is 0 Å². The van der Waals surface area contributed by atoms with Crippen molar-refractivity contribution in [1.29, 1.82) is 0 Å². The predicted molar refractivity (Wildman–Crippen MR) is 90.3 cm³/mol. The summed E-state index contributed by atoms with van der Waals surface area (Å²) in [6.07, 6.45) is 8.14. The topological polar surface area (TPSA) is 35.5 Å². The highest BCUT2D eigenvalue weighted by atomic mass is 16.6. The van der Waals surface area contributed by atoms with E-state index in [9.17, 15) is 4.79 Å². The van der Waals surface area contributed by atoms with Crippen LogP contribution in [-0.2, 0) is 9.47 Å². The van der Waals surface area contributed by atoms with Gasteiger partial charge < -0.3 is 9.47 Å². The van der Waals surface area contributed by atoms with Gasteiger partial charge in [0.05, 0.1) is 12.2 Å². The van der Waals surface area contributed by atoms with Crippen LogP contribution in [0.5, 0.6) is 0 Å². The first-order valence-corrected chi connectivity index (χ1v) is 8.44. The minimum Gasteiger partial charge on any atom is -0.456 e. The second-order valence-electron chi connectivity index (χ2n) is 5.91. The normalized spacial score (nSPS) is 12.1. The molecule has 1 unspecified atom stereocenters. The van der Waals surface area contributed by atoms with Gasteiger partial charge in [0, 0.05) is 7.11 Å². The lowest BCUT2D eigenvalue weighted by Crippen LogP contribution is -2.23. The van der Waals surface area contributed by atoms with Crippen LogP contribution in [0.25, 0.3) is 0 Å². The summed E-state index contributed by atoms with van der Waals surface area (Å²) < 4.78 is 10.8. The first-order valence-electron chi connectivity index (χ1n) is 8.44. The summed E-state index contributed by atoms with van der Waals surface area (Å²) >= 11 is 0. The smallest absolute Gasteiger partial charge is 0.338 e. The number of esters is 1. The Hall–Kier alpha value is -1.35. The molecular weight excluding hydrogens is 276 g/mol. The molecule has 1 aromatic rings. The molecule has 0 aliphatic carbocycles. The third kappa shape index (κ3) is 7.60. The predicted octanol–water partition coefficient (Wildman–Crippen LogP) is 4.92. The first kappa shape index (κ1) is 18.7. The molecule has 22 heavy (non-hydrogen) atoms. The Labute approximate surface area is 135 Å². The molecule has 1 aromatic carbocycles. The standard InChI is InChI=1S/C19H30O3/c1-4-5-6-7-8-9-10-18(15-21-3)22-19(20)17-13-11-16(2)12-14-17/h11-14,18H,4-10,15H2,1-3H3. The average Bonchev–Trinajstić information content (AvgIpc) is 2.51. The lowest BCUT2D eigenvalue weighted by molar-refractivity contribution is 0.00237. The van der Waals surface area contributed by atoms with Gasteiger partial charge in [-0.3, -0.25) is 0 Å². The average molecular weight is 306 g/mol. The van der Waals surface area contributed by atoms with E-state index in [4.69, 9.17) is 9.47 Å². The number of benzene rings is 1. The van der Waals surface area contributed by atoms with Crippen LogP contribution in [0.1, 0.15) is 67.8 Å². The zero-order chi connectivity index (χ0) is 16.2.